The van der Waals surface area contributed by atoms with Gasteiger partial charge in [-0.05, 0) is 81.4 Å². The molecule has 1 N–H and O–H groups in total. The zero-order valence-electron chi connectivity index (χ0n) is 18.0. The van der Waals surface area contributed by atoms with Crippen molar-refractivity contribution in [3.05, 3.63) is 63.8 Å². The Kier molecular flexibility index (Phi) is 5.09. The topological polar surface area (TPSA) is 75.6 Å². The second-order valence-corrected chi connectivity index (χ2v) is 10.4. The van der Waals surface area contributed by atoms with Gasteiger partial charge in [-0.15, -0.1) is 0 Å². The molecule has 0 unspecified atom stereocenters. The maximum atomic E-state index is 12.9. The Balaban J connectivity index is 1.43. The highest BCUT2D eigenvalue weighted by atomic mass is 32.2. The Hall–Kier alpha value is -2.47. The standard InChI is InChI=1S/C24H28N2O3S/c1-15-7-9-19(10-8-15)30(28,29)26-25-13-5-6-20-16(2)14-21-22(20)17(3)24(11-12-24)18(4)23(21)27/h7-10,13-14,18,26H,5-6,11-12H2,1-4H3/b25-13+/t18-/m1/s1. The van der Waals surface area contributed by atoms with Gasteiger partial charge in [0.15, 0.2) is 5.78 Å². The minimum atomic E-state index is -3.66. The van der Waals surface area contributed by atoms with Gasteiger partial charge in [-0.25, -0.2) is 4.83 Å². The molecule has 0 saturated heterocycles. The van der Waals surface area contributed by atoms with Crippen molar-refractivity contribution < 1.29 is 13.2 Å². The average Bonchev–Trinajstić information content (AvgIpc) is 3.44. The fourth-order valence-corrected chi connectivity index (χ4v) is 5.64. The van der Waals surface area contributed by atoms with Crippen molar-refractivity contribution in [1.29, 1.82) is 0 Å². The molecule has 6 heteroatoms. The van der Waals surface area contributed by atoms with Crippen LogP contribution in [-0.4, -0.2) is 20.4 Å². The summed E-state index contributed by atoms with van der Waals surface area (Å²) >= 11 is 0. The molecular weight excluding hydrogens is 396 g/mol. The molecule has 0 bridgehead atoms. The number of Topliss-reactive ketones (excluding diaryl/α,β-unsaturated/α-hetero) is 1. The maximum Gasteiger partial charge on any atom is 0.276 e. The molecule has 30 heavy (non-hydrogen) atoms. The van der Waals surface area contributed by atoms with Crippen LogP contribution in [-0.2, 0) is 14.8 Å². The van der Waals surface area contributed by atoms with Crippen LogP contribution in [0.5, 0.6) is 0 Å². The molecule has 1 aromatic carbocycles. The number of hydrazone groups is 1. The van der Waals surface area contributed by atoms with E-state index in [2.05, 4.69) is 30.7 Å². The molecule has 1 fully saturated rings. The van der Waals surface area contributed by atoms with Crippen LogP contribution in [0.3, 0.4) is 0 Å². The number of nitrogens with one attached hydrogen (secondary N) is 1. The predicted octanol–water partition coefficient (Wildman–Crippen LogP) is 4.61. The second-order valence-electron chi connectivity index (χ2n) is 8.72. The highest BCUT2D eigenvalue weighted by Gasteiger charge is 2.56. The second kappa shape index (κ2) is 7.34. The maximum absolute atomic E-state index is 12.9. The molecule has 0 heterocycles. The first-order valence-electron chi connectivity index (χ1n) is 10.4. The summed E-state index contributed by atoms with van der Waals surface area (Å²) in [5.41, 5.74) is 6.75. The molecule has 0 aromatic heterocycles. The first-order valence-corrected chi connectivity index (χ1v) is 11.9. The minimum Gasteiger partial charge on any atom is -0.294 e. The van der Waals surface area contributed by atoms with E-state index in [4.69, 9.17) is 0 Å². The van der Waals surface area contributed by atoms with E-state index in [9.17, 15) is 13.2 Å². The molecule has 1 aromatic rings. The van der Waals surface area contributed by atoms with E-state index in [1.54, 1.807) is 30.5 Å². The van der Waals surface area contributed by atoms with E-state index in [0.29, 0.717) is 6.42 Å². The monoisotopic (exact) mass is 424 g/mol. The number of carbonyl (C=O) groups is 1. The fourth-order valence-electron chi connectivity index (χ4n) is 4.83. The summed E-state index contributed by atoms with van der Waals surface area (Å²) < 4.78 is 24.6. The smallest absolute Gasteiger partial charge is 0.276 e. The van der Waals surface area contributed by atoms with E-state index < -0.39 is 10.0 Å². The van der Waals surface area contributed by atoms with Crippen molar-refractivity contribution in [2.75, 3.05) is 0 Å². The van der Waals surface area contributed by atoms with E-state index >= 15 is 0 Å². The Morgan fingerprint density at radius 2 is 1.83 bits per heavy atom. The number of hydrogen-bond acceptors (Lipinski definition) is 4. The summed E-state index contributed by atoms with van der Waals surface area (Å²) in [7, 11) is -3.66. The van der Waals surface area contributed by atoms with Gasteiger partial charge in [-0.1, -0.05) is 30.2 Å². The molecule has 158 valence electrons. The van der Waals surface area contributed by atoms with Crippen molar-refractivity contribution in [1.82, 2.24) is 4.83 Å². The first kappa shape index (κ1) is 20.8. The lowest BCUT2D eigenvalue weighted by atomic mass is 9.70. The number of allylic oxidation sites excluding steroid dienone is 6. The lowest BCUT2D eigenvalue weighted by Gasteiger charge is -2.32. The zero-order chi connectivity index (χ0) is 21.7. The third-order valence-electron chi connectivity index (χ3n) is 6.92. The van der Waals surface area contributed by atoms with Crippen LogP contribution in [0.15, 0.2) is 68.2 Å². The summed E-state index contributed by atoms with van der Waals surface area (Å²) in [5, 5.41) is 3.93. The van der Waals surface area contributed by atoms with Crippen LogP contribution in [0.1, 0.15) is 52.0 Å². The molecular formula is C24H28N2O3S. The van der Waals surface area contributed by atoms with Crippen LogP contribution in [0.25, 0.3) is 0 Å². The number of ketones is 1. The highest BCUT2D eigenvalue weighted by molar-refractivity contribution is 7.89. The molecule has 1 spiro atoms. The van der Waals surface area contributed by atoms with Crippen LogP contribution in [0.4, 0.5) is 0 Å². The van der Waals surface area contributed by atoms with Crippen molar-refractivity contribution >= 4 is 22.0 Å². The van der Waals surface area contributed by atoms with Gasteiger partial charge in [-0.3, -0.25) is 4.79 Å². The number of hydrogen-bond donors (Lipinski definition) is 1. The Labute approximate surface area is 178 Å². The number of aryl methyl sites for hydroxylation is 1. The Morgan fingerprint density at radius 1 is 1.17 bits per heavy atom. The predicted molar refractivity (Wildman–Crippen MR) is 119 cm³/mol. The summed E-state index contributed by atoms with van der Waals surface area (Å²) in [4.78, 5) is 15.4. The largest absolute Gasteiger partial charge is 0.294 e. The Bertz CT molecular complexity index is 1130. The summed E-state index contributed by atoms with van der Waals surface area (Å²) in [6.45, 7) is 8.21. The molecule has 0 aliphatic heterocycles. The molecule has 4 rings (SSSR count). The number of carbonyl (C=O) groups excluding carboxylic acids is 1. The van der Waals surface area contributed by atoms with Crippen molar-refractivity contribution in [3.63, 3.8) is 0 Å². The number of fused-ring (bicyclic) bond motifs is 1. The highest BCUT2D eigenvalue weighted by Crippen LogP contribution is 2.63. The first-order chi connectivity index (χ1) is 14.2. The third-order valence-corrected chi connectivity index (χ3v) is 8.16. The minimum absolute atomic E-state index is 0.0669. The van der Waals surface area contributed by atoms with Gasteiger partial charge in [0.2, 0.25) is 0 Å². The van der Waals surface area contributed by atoms with Gasteiger partial charge in [0.25, 0.3) is 10.0 Å². The molecule has 0 amide bonds. The molecule has 1 atom stereocenters. The average molecular weight is 425 g/mol. The lowest BCUT2D eigenvalue weighted by molar-refractivity contribution is -0.120. The Morgan fingerprint density at radius 3 is 2.47 bits per heavy atom. The zero-order valence-corrected chi connectivity index (χ0v) is 18.8. The van der Waals surface area contributed by atoms with Crippen molar-refractivity contribution in [3.8, 4) is 0 Å². The lowest BCUT2D eigenvalue weighted by Crippen LogP contribution is -2.31. The van der Waals surface area contributed by atoms with E-state index in [1.165, 1.54) is 11.1 Å². The summed E-state index contributed by atoms with van der Waals surface area (Å²) in [5.74, 6) is 0.333. The SMILES string of the molecule is CC1=C(CC/C=N/NS(=O)(=O)c2ccc(C)cc2)C2=C(C)C3(CC3)[C@H](C)C(=O)C2=C1. The van der Waals surface area contributed by atoms with Crippen molar-refractivity contribution in [2.45, 2.75) is 58.3 Å². The molecule has 0 radical (unpaired) electrons. The van der Waals surface area contributed by atoms with Gasteiger partial charge < -0.3 is 0 Å². The molecule has 1 saturated carbocycles. The number of benzene rings is 1. The van der Waals surface area contributed by atoms with E-state index in [1.807, 2.05) is 13.0 Å². The van der Waals surface area contributed by atoms with Crippen LogP contribution < -0.4 is 4.83 Å². The van der Waals surface area contributed by atoms with E-state index in [-0.39, 0.29) is 22.0 Å². The molecule has 3 aliphatic carbocycles. The van der Waals surface area contributed by atoms with Gasteiger partial charge in [0, 0.05) is 23.1 Å². The van der Waals surface area contributed by atoms with E-state index in [0.717, 1.165) is 41.5 Å². The number of nitrogens with zero attached hydrogens (tertiary/aromatic N) is 1. The number of rotatable bonds is 6. The van der Waals surface area contributed by atoms with Gasteiger partial charge in [0.1, 0.15) is 0 Å². The molecule has 5 nitrogen and oxygen atoms in total. The van der Waals surface area contributed by atoms with Gasteiger partial charge in [-0.2, -0.15) is 13.5 Å². The molecule has 3 aliphatic rings. The summed E-state index contributed by atoms with van der Waals surface area (Å²) in [6, 6.07) is 6.65. The number of sulfonamides is 1. The normalized spacial score (nSPS) is 22.7. The van der Waals surface area contributed by atoms with Crippen molar-refractivity contribution in [2.24, 2.45) is 16.4 Å². The summed E-state index contributed by atoms with van der Waals surface area (Å²) in [6.07, 6.45) is 7.14. The van der Waals surface area contributed by atoms with Gasteiger partial charge >= 0.3 is 0 Å². The third kappa shape index (κ3) is 3.37. The fraction of sp³-hybridized carbons (Fsp3) is 0.417. The van der Waals surface area contributed by atoms with Crippen LogP contribution >= 0.6 is 0 Å². The van der Waals surface area contributed by atoms with Gasteiger partial charge in [0.05, 0.1) is 4.90 Å². The van der Waals surface area contributed by atoms with Crippen LogP contribution in [0, 0.1) is 18.3 Å². The van der Waals surface area contributed by atoms with Crippen LogP contribution in [0.2, 0.25) is 0 Å². The quantitative estimate of drug-likeness (QED) is 0.535.